The first-order chi connectivity index (χ1) is 11.5. The fraction of sp³-hybridized carbons (Fsp3) is 0.381. The number of benzene rings is 2. The van der Waals surface area contributed by atoms with E-state index in [1.807, 2.05) is 18.2 Å². The smallest absolute Gasteiger partial charge is 0.159 e. The van der Waals surface area contributed by atoms with Gasteiger partial charge in [-0.3, -0.25) is 4.79 Å². The fourth-order valence-corrected chi connectivity index (χ4v) is 2.81. The maximum atomic E-state index is 11.8. The Bertz CT molecular complexity index is 664. The highest BCUT2D eigenvalue weighted by molar-refractivity contribution is 5.94. The number of carbonyl (C=O) groups excluding carboxylic acids is 1. The Morgan fingerprint density at radius 1 is 1.04 bits per heavy atom. The molecule has 0 fully saturated rings. The third-order valence-electron chi connectivity index (χ3n) is 3.98. The van der Waals surface area contributed by atoms with Crippen LogP contribution in [0.1, 0.15) is 42.3 Å². The van der Waals surface area contributed by atoms with E-state index in [9.17, 15) is 4.79 Å². The Kier molecular flexibility index (Phi) is 6.56. The molecule has 3 heteroatoms. The molecule has 0 aliphatic rings. The van der Waals surface area contributed by atoms with Crippen molar-refractivity contribution >= 4 is 5.78 Å². The van der Waals surface area contributed by atoms with Gasteiger partial charge >= 0.3 is 0 Å². The van der Waals surface area contributed by atoms with E-state index in [1.165, 1.54) is 5.56 Å². The standard InChI is InChI=1S/C21H26O3/c1-15(9-18-7-5-4-6-8-18)10-19-11-20(17(3)23)13-21(12-19)24-16(2)14-22/h4-8,11-13,15-16,22H,9-10,14H2,1-3H3/t15-,16-/m0/s1. The molecule has 2 aromatic carbocycles. The van der Waals surface area contributed by atoms with Gasteiger partial charge in [-0.25, -0.2) is 0 Å². The van der Waals surface area contributed by atoms with Gasteiger partial charge in [-0.2, -0.15) is 0 Å². The van der Waals surface area contributed by atoms with E-state index in [1.54, 1.807) is 19.9 Å². The number of Topliss-reactive ketones (excluding diaryl/α,β-unsaturated/α-hetero) is 1. The maximum absolute atomic E-state index is 11.8. The Morgan fingerprint density at radius 3 is 2.33 bits per heavy atom. The molecule has 2 aromatic rings. The van der Waals surface area contributed by atoms with E-state index in [0.717, 1.165) is 18.4 Å². The summed E-state index contributed by atoms with van der Waals surface area (Å²) < 4.78 is 5.69. The van der Waals surface area contributed by atoms with Gasteiger partial charge in [0.05, 0.1) is 6.61 Å². The van der Waals surface area contributed by atoms with Crippen LogP contribution in [0.5, 0.6) is 5.75 Å². The number of rotatable bonds is 8. The first-order valence-electron chi connectivity index (χ1n) is 8.44. The molecule has 0 amide bonds. The van der Waals surface area contributed by atoms with Gasteiger partial charge in [-0.05, 0) is 61.9 Å². The van der Waals surface area contributed by atoms with E-state index >= 15 is 0 Å². The van der Waals surface area contributed by atoms with Gasteiger partial charge in [-0.15, -0.1) is 0 Å². The van der Waals surface area contributed by atoms with Crippen LogP contribution in [-0.4, -0.2) is 23.6 Å². The normalized spacial score (nSPS) is 13.3. The molecule has 0 aliphatic carbocycles. The van der Waals surface area contributed by atoms with Crippen molar-refractivity contribution in [2.75, 3.05) is 6.61 Å². The van der Waals surface area contributed by atoms with Crippen LogP contribution in [0.2, 0.25) is 0 Å². The minimum atomic E-state index is -0.290. The van der Waals surface area contributed by atoms with E-state index < -0.39 is 0 Å². The highest BCUT2D eigenvalue weighted by atomic mass is 16.5. The summed E-state index contributed by atoms with van der Waals surface area (Å²) in [6, 6.07) is 16.1. The van der Waals surface area contributed by atoms with Gasteiger partial charge in [0.2, 0.25) is 0 Å². The summed E-state index contributed by atoms with van der Waals surface area (Å²) in [5, 5.41) is 9.16. The summed E-state index contributed by atoms with van der Waals surface area (Å²) in [5.41, 5.74) is 3.06. The van der Waals surface area contributed by atoms with E-state index in [-0.39, 0.29) is 18.5 Å². The van der Waals surface area contributed by atoms with Crippen molar-refractivity contribution in [2.45, 2.75) is 39.7 Å². The summed E-state index contributed by atoms with van der Waals surface area (Å²) in [5.74, 6) is 1.12. The largest absolute Gasteiger partial charge is 0.488 e. The highest BCUT2D eigenvalue weighted by Crippen LogP contribution is 2.22. The van der Waals surface area contributed by atoms with E-state index in [4.69, 9.17) is 9.84 Å². The van der Waals surface area contributed by atoms with Gasteiger partial charge in [0.25, 0.3) is 0 Å². The molecule has 0 aromatic heterocycles. The number of ketones is 1. The number of aliphatic hydroxyl groups is 1. The van der Waals surface area contributed by atoms with Gasteiger partial charge in [-0.1, -0.05) is 37.3 Å². The lowest BCUT2D eigenvalue weighted by molar-refractivity contribution is 0.101. The summed E-state index contributed by atoms with van der Waals surface area (Å²) in [4.78, 5) is 11.8. The zero-order valence-corrected chi connectivity index (χ0v) is 14.7. The average Bonchev–Trinajstić information content (AvgIpc) is 2.55. The van der Waals surface area contributed by atoms with Crippen LogP contribution >= 0.6 is 0 Å². The lowest BCUT2D eigenvalue weighted by atomic mass is 9.93. The topological polar surface area (TPSA) is 46.5 Å². The minimum Gasteiger partial charge on any atom is -0.488 e. The Labute approximate surface area is 144 Å². The molecule has 128 valence electrons. The van der Waals surface area contributed by atoms with Gasteiger partial charge < -0.3 is 9.84 Å². The predicted octanol–water partition coefficient (Wildman–Crippen LogP) is 4.07. The molecule has 2 rings (SSSR count). The van der Waals surface area contributed by atoms with Crippen LogP contribution in [0.15, 0.2) is 48.5 Å². The third-order valence-corrected chi connectivity index (χ3v) is 3.98. The molecule has 0 radical (unpaired) electrons. The molecule has 0 saturated carbocycles. The first-order valence-corrected chi connectivity index (χ1v) is 8.44. The minimum absolute atomic E-state index is 0.0223. The average molecular weight is 326 g/mol. The molecule has 2 atom stereocenters. The van der Waals surface area contributed by atoms with Crippen molar-refractivity contribution in [2.24, 2.45) is 5.92 Å². The third kappa shape index (κ3) is 5.50. The van der Waals surface area contributed by atoms with E-state index in [0.29, 0.717) is 17.2 Å². The second-order valence-electron chi connectivity index (χ2n) is 6.53. The molecule has 0 bridgehead atoms. The Hall–Kier alpha value is -2.13. The highest BCUT2D eigenvalue weighted by Gasteiger charge is 2.11. The van der Waals surface area contributed by atoms with Gasteiger partial charge in [0.1, 0.15) is 11.9 Å². The van der Waals surface area contributed by atoms with Crippen molar-refractivity contribution in [1.82, 2.24) is 0 Å². The lowest BCUT2D eigenvalue weighted by Crippen LogP contribution is -2.16. The predicted molar refractivity (Wildman–Crippen MR) is 96.6 cm³/mol. The first kappa shape index (κ1) is 18.2. The summed E-state index contributed by atoms with van der Waals surface area (Å²) >= 11 is 0. The van der Waals surface area contributed by atoms with Crippen LogP contribution in [0, 0.1) is 5.92 Å². The second kappa shape index (κ2) is 8.65. The Morgan fingerprint density at radius 2 is 1.71 bits per heavy atom. The molecule has 0 spiro atoms. The molecule has 0 heterocycles. The van der Waals surface area contributed by atoms with Crippen LogP contribution in [0.25, 0.3) is 0 Å². The molecule has 0 unspecified atom stereocenters. The molecule has 3 nitrogen and oxygen atoms in total. The van der Waals surface area contributed by atoms with Gasteiger partial charge in [0.15, 0.2) is 5.78 Å². The van der Waals surface area contributed by atoms with Crippen molar-refractivity contribution in [3.05, 3.63) is 65.2 Å². The zero-order chi connectivity index (χ0) is 17.5. The fourth-order valence-electron chi connectivity index (χ4n) is 2.81. The van der Waals surface area contributed by atoms with Crippen LogP contribution in [0.4, 0.5) is 0 Å². The number of carbonyl (C=O) groups is 1. The number of aliphatic hydroxyl groups excluding tert-OH is 1. The molecule has 0 saturated heterocycles. The molecule has 1 N–H and O–H groups in total. The van der Waals surface area contributed by atoms with Crippen LogP contribution in [-0.2, 0) is 12.8 Å². The van der Waals surface area contributed by atoms with E-state index in [2.05, 4.69) is 31.2 Å². The number of ether oxygens (including phenoxy) is 1. The summed E-state index contributed by atoms with van der Waals surface area (Å²) in [7, 11) is 0. The monoisotopic (exact) mass is 326 g/mol. The van der Waals surface area contributed by atoms with Crippen molar-refractivity contribution < 1.29 is 14.6 Å². The number of hydrogen-bond acceptors (Lipinski definition) is 3. The Balaban J connectivity index is 2.14. The number of hydrogen-bond donors (Lipinski definition) is 1. The van der Waals surface area contributed by atoms with Crippen LogP contribution in [0.3, 0.4) is 0 Å². The quantitative estimate of drug-likeness (QED) is 0.744. The summed E-state index contributed by atoms with van der Waals surface area (Å²) in [6.45, 7) is 5.53. The summed E-state index contributed by atoms with van der Waals surface area (Å²) in [6.07, 6.45) is 1.58. The van der Waals surface area contributed by atoms with Crippen molar-refractivity contribution in [3.63, 3.8) is 0 Å². The van der Waals surface area contributed by atoms with Crippen molar-refractivity contribution in [1.29, 1.82) is 0 Å². The molecular weight excluding hydrogens is 300 g/mol. The van der Waals surface area contributed by atoms with Crippen molar-refractivity contribution in [3.8, 4) is 5.75 Å². The zero-order valence-electron chi connectivity index (χ0n) is 14.7. The SMILES string of the molecule is CC(=O)c1cc(C[C@@H](C)Cc2ccccc2)cc(O[C@@H](C)CO)c1. The van der Waals surface area contributed by atoms with Gasteiger partial charge in [0, 0.05) is 5.56 Å². The molecular formula is C21H26O3. The van der Waals surface area contributed by atoms with Crippen LogP contribution < -0.4 is 4.74 Å². The molecule has 0 aliphatic heterocycles. The lowest BCUT2D eigenvalue weighted by Gasteiger charge is -2.16. The molecule has 24 heavy (non-hydrogen) atoms. The second-order valence-corrected chi connectivity index (χ2v) is 6.53. The maximum Gasteiger partial charge on any atom is 0.159 e.